The van der Waals surface area contributed by atoms with Crippen LogP contribution in [-0.4, -0.2) is 34.0 Å². The smallest absolute Gasteiger partial charge is 0.139 e. The average Bonchev–Trinajstić information content (AvgIpc) is 3.29. The largest absolute Gasteiger partial charge is 0.489 e. The quantitative estimate of drug-likeness (QED) is 0.686. The Morgan fingerprint density at radius 2 is 2.19 bits per heavy atom. The van der Waals surface area contributed by atoms with Gasteiger partial charge in [-0.2, -0.15) is 0 Å². The van der Waals surface area contributed by atoms with Gasteiger partial charge in [0.1, 0.15) is 30.4 Å². The van der Waals surface area contributed by atoms with Gasteiger partial charge in [0.15, 0.2) is 0 Å². The van der Waals surface area contributed by atoms with Gasteiger partial charge < -0.3 is 19.1 Å². The van der Waals surface area contributed by atoms with Crippen molar-refractivity contribution in [3.05, 3.63) is 58.9 Å². The number of aliphatic hydroxyl groups excluding tert-OH is 1. The van der Waals surface area contributed by atoms with Gasteiger partial charge in [-0.25, -0.2) is 4.98 Å². The van der Waals surface area contributed by atoms with Gasteiger partial charge in [0.05, 0.1) is 22.6 Å². The first-order valence-electron chi connectivity index (χ1n) is 9.25. The number of rotatable bonds is 6. The molecule has 0 bridgehead atoms. The van der Waals surface area contributed by atoms with Crippen molar-refractivity contribution < 1.29 is 14.6 Å². The van der Waals surface area contributed by atoms with Crippen LogP contribution in [0.1, 0.15) is 30.3 Å². The van der Waals surface area contributed by atoms with E-state index in [2.05, 4.69) is 4.57 Å². The van der Waals surface area contributed by atoms with Crippen LogP contribution in [0.15, 0.2) is 42.5 Å². The van der Waals surface area contributed by atoms with Gasteiger partial charge in [-0.15, -0.1) is 0 Å². The molecule has 2 unspecified atom stereocenters. The van der Waals surface area contributed by atoms with Gasteiger partial charge in [-0.1, -0.05) is 29.8 Å². The number of imidazole rings is 1. The summed E-state index contributed by atoms with van der Waals surface area (Å²) in [6, 6.07) is 13.6. The molecule has 6 heteroatoms. The normalized spacial score (nSPS) is 18.1. The Labute approximate surface area is 163 Å². The minimum absolute atomic E-state index is 0.0166. The number of hydrogen-bond donors (Lipinski definition) is 1. The predicted molar refractivity (Wildman–Crippen MR) is 105 cm³/mol. The summed E-state index contributed by atoms with van der Waals surface area (Å²) < 4.78 is 13.6. The van der Waals surface area contributed by atoms with Crippen molar-refractivity contribution in [3.63, 3.8) is 0 Å². The van der Waals surface area contributed by atoms with E-state index >= 15 is 0 Å². The molecule has 1 N–H and O–H groups in total. The molecule has 142 valence electrons. The molecule has 0 saturated carbocycles. The molecule has 27 heavy (non-hydrogen) atoms. The van der Waals surface area contributed by atoms with E-state index in [1.807, 2.05) is 49.4 Å². The maximum absolute atomic E-state index is 10.6. The van der Waals surface area contributed by atoms with Crippen LogP contribution in [0, 0.1) is 6.92 Å². The molecule has 0 aliphatic carbocycles. The summed E-state index contributed by atoms with van der Waals surface area (Å²) in [4.78, 5) is 4.75. The first kappa shape index (κ1) is 18.3. The van der Waals surface area contributed by atoms with E-state index in [4.69, 9.17) is 26.1 Å². The van der Waals surface area contributed by atoms with Crippen LogP contribution in [0.3, 0.4) is 0 Å². The van der Waals surface area contributed by atoms with Crippen molar-refractivity contribution in [2.24, 2.45) is 0 Å². The molecular formula is C21H23ClN2O3. The highest BCUT2D eigenvalue weighted by Crippen LogP contribution is 2.31. The minimum Gasteiger partial charge on any atom is -0.489 e. The minimum atomic E-state index is -0.694. The SMILES string of the molecule is Cc1ccc(OCC(O)Cn2c(C3CCCO3)nc3ccccc32)c(Cl)c1. The van der Waals surface area contributed by atoms with Crippen LogP contribution in [0.25, 0.3) is 11.0 Å². The zero-order chi connectivity index (χ0) is 18.8. The van der Waals surface area contributed by atoms with Gasteiger partial charge in [0.25, 0.3) is 0 Å². The maximum atomic E-state index is 10.6. The van der Waals surface area contributed by atoms with E-state index in [-0.39, 0.29) is 12.7 Å². The van der Waals surface area contributed by atoms with Gasteiger partial charge >= 0.3 is 0 Å². The molecule has 0 amide bonds. The Balaban J connectivity index is 1.52. The number of fused-ring (bicyclic) bond motifs is 1. The number of halogens is 1. The lowest BCUT2D eigenvalue weighted by Gasteiger charge is -2.18. The lowest BCUT2D eigenvalue weighted by molar-refractivity contribution is 0.0806. The molecule has 5 nitrogen and oxygen atoms in total. The number of nitrogens with zero attached hydrogens (tertiary/aromatic N) is 2. The molecule has 2 aromatic carbocycles. The molecule has 0 radical (unpaired) electrons. The van der Waals surface area contributed by atoms with E-state index in [1.165, 1.54) is 0 Å². The zero-order valence-corrected chi connectivity index (χ0v) is 16.0. The third-order valence-electron chi connectivity index (χ3n) is 4.81. The zero-order valence-electron chi connectivity index (χ0n) is 15.3. The summed E-state index contributed by atoms with van der Waals surface area (Å²) in [5.41, 5.74) is 2.98. The average molecular weight is 387 g/mol. The van der Waals surface area contributed by atoms with Crippen LogP contribution in [0.5, 0.6) is 5.75 Å². The fourth-order valence-corrected chi connectivity index (χ4v) is 3.78. The molecule has 1 aliphatic heterocycles. The number of aliphatic hydroxyl groups is 1. The molecule has 3 aromatic rings. The topological polar surface area (TPSA) is 56.5 Å². The summed E-state index contributed by atoms with van der Waals surface area (Å²) in [5.74, 6) is 1.46. The number of para-hydroxylation sites is 2. The maximum Gasteiger partial charge on any atom is 0.139 e. The molecule has 0 spiro atoms. The van der Waals surface area contributed by atoms with Gasteiger partial charge in [0.2, 0.25) is 0 Å². The summed E-state index contributed by atoms with van der Waals surface area (Å²) in [5, 5.41) is 11.1. The van der Waals surface area contributed by atoms with Crippen molar-refractivity contribution in [3.8, 4) is 5.75 Å². The Morgan fingerprint density at radius 1 is 1.33 bits per heavy atom. The second-order valence-electron chi connectivity index (χ2n) is 6.97. The lowest BCUT2D eigenvalue weighted by atomic mass is 10.2. The highest BCUT2D eigenvalue weighted by atomic mass is 35.5. The standard InChI is InChI=1S/C21H23ClN2O3/c1-14-8-9-19(16(22)11-14)27-13-15(25)12-24-18-6-3-2-5-17(18)23-21(24)20-7-4-10-26-20/h2-3,5-6,8-9,11,15,20,25H,4,7,10,12-13H2,1H3. The van der Waals surface area contributed by atoms with Gasteiger partial charge in [0, 0.05) is 6.61 Å². The van der Waals surface area contributed by atoms with Crippen molar-refractivity contribution in [2.75, 3.05) is 13.2 Å². The first-order valence-corrected chi connectivity index (χ1v) is 9.63. The van der Waals surface area contributed by atoms with E-state index in [0.29, 0.717) is 17.3 Å². The fourth-order valence-electron chi connectivity index (χ4n) is 3.49. The molecule has 2 heterocycles. The molecule has 4 rings (SSSR count). The summed E-state index contributed by atoms with van der Waals surface area (Å²) in [7, 11) is 0. The van der Waals surface area contributed by atoms with Crippen molar-refractivity contribution in [1.29, 1.82) is 0 Å². The van der Waals surface area contributed by atoms with Crippen molar-refractivity contribution in [1.82, 2.24) is 9.55 Å². The number of aromatic nitrogens is 2. The van der Waals surface area contributed by atoms with Crippen molar-refractivity contribution in [2.45, 2.75) is 38.5 Å². The van der Waals surface area contributed by atoms with E-state index in [1.54, 1.807) is 0 Å². The van der Waals surface area contributed by atoms with E-state index in [9.17, 15) is 5.11 Å². The summed E-state index contributed by atoms with van der Waals surface area (Å²) >= 11 is 6.21. The second kappa shape index (κ2) is 7.89. The Bertz CT molecular complexity index is 934. The predicted octanol–water partition coefficient (Wildman–Crippen LogP) is 4.29. The number of hydrogen-bond acceptors (Lipinski definition) is 4. The number of ether oxygens (including phenoxy) is 2. The number of aryl methyl sites for hydroxylation is 1. The van der Waals surface area contributed by atoms with Gasteiger partial charge in [-0.3, -0.25) is 0 Å². The first-order chi connectivity index (χ1) is 13.1. The van der Waals surface area contributed by atoms with Gasteiger partial charge in [-0.05, 0) is 49.6 Å². The summed E-state index contributed by atoms with van der Waals surface area (Å²) in [6.45, 7) is 3.27. The molecule has 1 saturated heterocycles. The second-order valence-corrected chi connectivity index (χ2v) is 7.38. The van der Waals surface area contributed by atoms with Crippen LogP contribution in [0.4, 0.5) is 0 Å². The van der Waals surface area contributed by atoms with Crippen LogP contribution in [-0.2, 0) is 11.3 Å². The highest BCUT2D eigenvalue weighted by molar-refractivity contribution is 6.32. The van der Waals surface area contributed by atoms with E-state index in [0.717, 1.165) is 41.9 Å². The van der Waals surface area contributed by atoms with Crippen LogP contribution < -0.4 is 4.74 Å². The third kappa shape index (κ3) is 3.95. The lowest BCUT2D eigenvalue weighted by Crippen LogP contribution is -2.25. The molecule has 1 aliphatic rings. The monoisotopic (exact) mass is 386 g/mol. The fraction of sp³-hybridized carbons (Fsp3) is 0.381. The number of benzene rings is 2. The van der Waals surface area contributed by atoms with Crippen LogP contribution >= 0.6 is 11.6 Å². The molecule has 1 aromatic heterocycles. The molecule has 1 fully saturated rings. The van der Waals surface area contributed by atoms with Crippen molar-refractivity contribution >= 4 is 22.6 Å². The summed E-state index contributed by atoms with van der Waals surface area (Å²) in [6.07, 6.45) is 1.28. The molecular weight excluding hydrogens is 364 g/mol. The Morgan fingerprint density at radius 3 is 2.96 bits per heavy atom. The Hall–Kier alpha value is -2.08. The Kier molecular flexibility index (Phi) is 5.34. The van der Waals surface area contributed by atoms with Crippen LogP contribution in [0.2, 0.25) is 5.02 Å². The molecule has 2 atom stereocenters. The van der Waals surface area contributed by atoms with E-state index < -0.39 is 6.10 Å². The highest BCUT2D eigenvalue weighted by Gasteiger charge is 2.25. The third-order valence-corrected chi connectivity index (χ3v) is 5.11.